The average molecular weight is 284 g/mol. The standard InChI is InChI=1S/C18H24N2O/c1-13-5-8-18(12-19,9-6-13)17(21)15-3-4-16-14(11-15)7-10-20(16)2/h3-4,11,13,17,21H,5-10H2,1-2H3. The third-order valence-electron chi connectivity index (χ3n) is 5.46. The number of hydrogen-bond donors (Lipinski definition) is 1. The highest BCUT2D eigenvalue weighted by atomic mass is 16.3. The molecule has 3 rings (SSSR count). The molecule has 0 saturated heterocycles. The third-order valence-corrected chi connectivity index (χ3v) is 5.46. The molecule has 1 fully saturated rings. The fourth-order valence-electron chi connectivity index (χ4n) is 3.80. The second-order valence-corrected chi connectivity index (χ2v) is 6.91. The van der Waals surface area contributed by atoms with Crippen molar-refractivity contribution in [2.75, 3.05) is 18.5 Å². The van der Waals surface area contributed by atoms with Crippen LogP contribution in [-0.4, -0.2) is 18.7 Å². The van der Waals surface area contributed by atoms with Crippen molar-refractivity contribution in [3.63, 3.8) is 0 Å². The number of rotatable bonds is 2. The molecule has 1 atom stereocenters. The van der Waals surface area contributed by atoms with Crippen molar-refractivity contribution in [3.8, 4) is 6.07 Å². The molecule has 1 N–H and O–H groups in total. The monoisotopic (exact) mass is 284 g/mol. The number of anilines is 1. The Morgan fingerprint density at radius 3 is 2.76 bits per heavy atom. The summed E-state index contributed by atoms with van der Waals surface area (Å²) >= 11 is 0. The van der Waals surface area contributed by atoms with E-state index in [2.05, 4.69) is 37.1 Å². The summed E-state index contributed by atoms with van der Waals surface area (Å²) in [5.74, 6) is 0.673. The summed E-state index contributed by atoms with van der Waals surface area (Å²) in [5, 5.41) is 20.5. The molecule has 112 valence electrons. The lowest BCUT2D eigenvalue weighted by molar-refractivity contribution is 0.0266. The molecule has 1 heterocycles. The molecule has 21 heavy (non-hydrogen) atoms. The number of nitrogens with zero attached hydrogens (tertiary/aromatic N) is 2. The Balaban J connectivity index is 1.88. The first kappa shape index (κ1) is 14.4. The molecular weight excluding hydrogens is 260 g/mol. The fourth-order valence-corrected chi connectivity index (χ4v) is 3.80. The second-order valence-electron chi connectivity index (χ2n) is 6.91. The van der Waals surface area contributed by atoms with Crippen LogP contribution in [0.1, 0.15) is 49.8 Å². The molecule has 0 radical (unpaired) electrons. The lowest BCUT2D eigenvalue weighted by Gasteiger charge is -2.37. The summed E-state index contributed by atoms with van der Waals surface area (Å²) in [6.07, 6.45) is 4.07. The molecule has 3 nitrogen and oxygen atoms in total. The van der Waals surface area contributed by atoms with Gasteiger partial charge in [0, 0.05) is 19.3 Å². The number of aliphatic hydroxyl groups is 1. The molecule has 1 aromatic rings. The van der Waals surface area contributed by atoms with E-state index in [-0.39, 0.29) is 0 Å². The van der Waals surface area contributed by atoms with Gasteiger partial charge in [-0.15, -0.1) is 0 Å². The van der Waals surface area contributed by atoms with E-state index in [1.165, 1.54) is 11.3 Å². The second kappa shape index (κ2) is 5.35. The van der Waals surface area contributed by atoms with Crippen molar-refractivity contribution in [1.82, 2.24) is 0 Å². The molecule has 0 aromatic heterocycles. The van der Waals surface area contributed by atoms with Gasteiger partial charge in [0.15, 0.2) is 0 Å². The van der Waals surface area contributed by atoms with Gasteiger partial charge in [0.1, 0.15) is 0 Å². The third kappa shape index (κ3) is 2.42. The summed E-state index contributed by atoms with van der Waals surface area (Å²) in [6, 6.07) is 8.66. The van der Waals surface area contributed by atoms with Crippen molar-refractivity contribution >= 4 is 5.69 Å². The van der Waals surface area contributed by atoms with Crippen molar-refractivity contribution in [2.24, 2.45) is 11.3 Å². The minimum absolute atomic E-state index is 0.592. The van der Waals surface area contributed by atoms with E-state index >= 15 is 0 Å². The number of hydrogen-bond acceptors (Lipinski definition) is 3. The molecule has 0 spiro atoms. The minimum Gasteiger partial charge on any atom is -0.387 e. The Hall–Kier alpha value is -1.53. The van der Waals surface area contributed by atoms with E-state index in [0.29, 0.717) is 5.92 Å². The fraction of sp³-hybridized carbons (Fsp3) is 0.611. The first-order chi connectivity index (χ1) is 10.1. The Morgan fingerprint density at radius 2 is 2.10 bits per heavy atom. The Bertz CT molecular complexity index is 567. The van der Waals surface area contributed by atoms with Crippen molar-refractivity contribution in [1.29, 1.82) is 5.26 Å². The molecule has 0 bridgehead atoms. The van der Waals surface area contributed by atoms with Gasteiger partial charge in [-0.1, -0.05) is 19.1 Å². The molecule has 2 aliphatic rings. The van der Waals surface area contributed by atoms with Crippen LogP contribution in [0, 0.1) is 22.7 Å². The average Bonchev–Trinajstić information content (AvgIpc) is 2.89. The Kier molecular flexibility index (Phi) is 3.67. The van der Waals surface area contributed by atoms with Crippen LogP contribution in [0.3, 0.4) is 0 Å². The van der Waals surface area contributed by atoms with Crippen LogP contribution in [0.4, 0.5) is 5.69 Å². The lowest BCUT2D eigenvalue weighted by Crippen LogP contribution is -2.32. The normalized spacial score (nSPS) is 29.8. The van der Waals surface area contributed by atoms with E-state index in [4.69, 9.17) is 0 Å². The highest BCUT2D eigenvalue weighted by Gasteiger charge is 2.41. The maximum atomic E-state index is 10.8. The smallest absolute Gasteiger partial charge is 0.0976 e. The number of nitriles is 1. The highest BCUT2D eigenvalue weighted by molar-refractivity contribution is 5.58. The van der Waals surface area contributed by atoms with Gasteiger partial charge in [0.25, 0.3) is 0 Å². The summed E-state index contributed by atoms with van der Waals surface area (Å²) in [7, 11) is 2.10. The first-order valence-electron chi connectivity index (χ1n) is 7.99. The van der Waals surface area contributed by atoms with Crippen LogP contribution in [-0.2, 0) is 6.42 Å². The van der Waals surface area contributed by atoms with Crippen LogP contribution in [0.25, 0.3) is 0 Å². The van der Waals surface area contributed by atoms with Gasteiger partial charge < -0.3 is 10.0 Å². The highest BCUT2D eigenvalue weighted by Crippen LogP contribution is 2.47. The van der Waals surface area contributed by atoms with Gasteiger partial charge in [-0.05, 0) is 55.2 Å². The van der Waals surface area contributed by atoms with Crippen LogP contribution < -0.4 is 4.90 Å². The zero-order chi connectivity index (χ0) is 15.0. The van der Waals surface area contributed by atoms with E-state index in [0.717, 1.165) is 44.2 Å². The number of likely N-dealkylation sites (N-methyl/N-ethyl adjacent to an activating group) is 1. The van der Waals surface area contributed by atoms with E-state index in [9.17, 15) is 10.4 Å². The number of fused-ring (bicyclic) bond motifs is 1. The van der Waals surface area contributed by atoms with Crippen LogP contribution in [0.15, 0.2) is 18.2 Å². The summed E-state index contributed by atoms with van der Waals surface area (Å²) in [4.78, 5) is 2.24. The van der Waals surface area contributed by atoms with E-state index in [1.807, 2.05) is 6.07 Å². The summed E-state index contributed by atoms with van der Waals surface area (Å²) < 4.78 is 0. The predicted octanol–water partition coefficient (Wildman–Crippen LogP) is 3.43. The van der Waals surface area contributed by atoms with Gasteiger partial charge in [-0.2, -0.15) is 5.26 Å². The quantitative estimate of drug-likeness (QED) is 0.905. The van der Waals surface area contributed by atoms with Gasteiger partial charge in [-0.3, -0.25) is 0 Å². The molecular formula is C18H24N2O. The molecule has 0 amide bonds. The van der Waals surface area contributed by atoms with Crippen molar-refractivity contribution in [3.05, 3.63) is 29.3 Å². The Morgan fingerprint density at radius 1 is 1.38 bits per heavy atom. The zero-order valence-electron chi connectivity index (χ0n) is 13.0. The van der Waals surface area contributed by atoms with Gasteiger partial charge in [0.05, 0.1) is 17.6 Å². The number of benzene rings is 1. The van der Waals surface area contributed by atoms with Crippen LogP contribution >= 0.6 is 0 Å². The largest absolute Gasteiger partial charge is 0.387 e. The molecule has 3 heteroatoms. The van der Waals surface area contributed by atoms with Crippen molar-refractivity contribution in [2.45, 2.75) is 45.1 Å². The summed E-state index contributed by atoms with van der Waals surface area (Å²) in [5.41, 5.74) is 2.88. The number of aliphatic hydroxyl groups excluding tert-OH is 1. The van der Waals surface area contributed by atoms with Crippen molar-refractivity contribution < 1.29 is 5.11 Å². The molecule has 1 saturated carbocycles. The zero-order valence-corrected chi connectivity index (χ0v) is 13.0. The maximum Gasteiger partial charge on any atom is 0.0976 e. The van der Waals surface area contributed by atoms with E-state index < -0.39 is 11.5 Å². The molecule has 1 aliphatic heterocycles. The lowest BCUT2D eigenvalue weighted by atomic mass is 9.67. The minimum atomic E-state index is -0.661. The topological polar surface area (TPSA) is 47.3 Å². The maximum absolute atomic E-state index is 10.8. The molecule has 1 aliphatic carbocycles. The van der Waals surface area contributed by atoms with Gasteiger partial charge >= 0.3 is 0 Å². The van der Waals surface area contributed by atoms with Crippen LogP contribution in [0.2, 0.25) is 0 Å². The predicted molar refractivity (Wildman–Crippen MR) is 84.1 cm³/mol. The van der Waals surface area contributed by atoms with Gasteiger partial charge in [0.2, 0.25) is 0 Å². The molecule has 1 aromatic carbocycles. The SMILES string of the molecule is CC1CCC(C#N)(C(O)c2ccc3c(c2)CCN3C)CC1. The Labute approximate surface area is 127 Å². The van der Waals surface area contributed by atoms with Crippen LogP contribution in [0.5, 0.6) is 0 Å². The molecule has 1 unspecified atom stereocenters. The first-order valence-corrected chi connectivity index (χ1v) is 7.99. The van der Waals surface area contributed by atoms with Gasteiger partial charge in [-0.25, -0.2) is 0 Å². The van der Waals surface area contributed by atoms with E-state index in [1.54, 1.807) is 0 Å². The summed E-state index contributed by atoms with van der Waals surface area (Å²) in [6.45, 7) is 3.27.